The fourth-order valence-electron chi connectivity index (χ4n) is 2.58. The zero-order chi connectivity index (χ0) is 13.9. The summed E-state index contributed by atoms with van der Waals surface area (Å²) in [6, 6.07) is 5.65. The fraction of sp³-hybridized carbons (Fsp3) is 0.533. The molecule has 1 heterocycles. The second-order valence-corrected chi connectivity index (χ2v) is 5.31. The molecule has 1 aliphatic rings. The number of likely N-dealkylation sites (tertiary alicyclic amines) is 1. The zero-order valence-electron chi connectivity index (χ0n) is 11.2. The number of carbonyl (C=O) groups is 1. The Morgan fingerprint density at radius 3 is 2.37 bits per heavy atom. The lowest BCUT2D eigenvalue weighted by Gasteiger charge is -2.40. The summed E-state index contributed by atoms with van der Waals surface area (Å²) in [5.41, 5.74) is 0.494. The van der Waals surface area contributed by atoms with E-state index in [0.29, 0.717) is 18.7 Å². The number of halogens is 1. The molecule has 0 spiro atoms. The zero-order valence-corrected chi connectivity index (χ0v) is 11.2. The number of piperidine rings is 1. The molecule has 0 saturated carbocycles. The van der Waals surface area contributed by atoms with Gasteiger partial charge in [-0.05, 0) is 48.9 Å². The Morgan fingerprint density at radius 1 is 1.32 bits per heavy atom. The first-order valence-corrected chi connectivity index (χ1v) is 6.76. The third kappa shape index (κ3) is 2.95. The van der Waals surface area contributed by atoms with E-state index in [2.05, 4.69) is 6.92 Å². The topological polar surface area (TPSA) is 40.5 Å². The molecule has 1 N–H and O–H groups in total. The van der Waals surface area contributed by atoms with E-state index >= 15 is 0 Å². The van der Waals surface area contributed by atoms with Crippen molar-refractivity contribution in [3.05, 3.63) is 35.6 Å². The minimum atomic E-state index is -0.333. The highest BCUT2D eigenvalue weighted by Crippen LogP contribution is 2.34. The lowest BCUT2D eigenvalue weighted by molar-refractivity contribution is 0.0338. The van der Waals surface area contributed by atoms with E-state index in [4.69, 9.17) is 0 Å². The van der Waals surface area contributed by atoms with E-state index in [1.165, 1.54) is 24.3 Å². The van der Waals surface area contributed by atoms with Crippen LogP contribution in [0.1, 0.15) is 36.5 Å². The van der Waals surface area contributed by atoms with Crippen LogP contribution in [-0.4, -0.2) is 35.6 Å². The lowest BCUT2D eigenvalue weighted by Crippen LogP contribution is -2.44. The number of carbonyl (C=O) groups excluding carboxylic acids is 1. The molecular formula is C15H20FNO2. The third-order valence-electron chi connectivity index (χ3n) is 4.29. The van der Waals surface area contributed by atoms with Gasteiger partial charge in [0.15, 0.2) is 0 Å². The summed E-state index contributed by atoms with van der Waals surface area (Å²) in [5.74, 6) is -0.386. The minimum Gasteiger partial charge on any atom is -0.396 e. The standard InChI is InChI=1S/C15H20FNO2/c1-2-15(11-18)7-9-17(10-8-15)14(19)12-3-5-13(16)6-4-12/h3-6,18H,2,7-11H2,1H3. The molecule has 0 radical (unpaired) electrons. The van der Waals surface area contributed by atoms with Crippen LogP contribution in [0.25, 0.3) is 0 Å². The largest absolute Gasteiger partial charge is 0.396 e. The number of nitrogens with zero attached hydrogens (tertiary/aromatic N) is 1. The molecule has 104 valence electrons. The van der Waals surface area contributed by atoms with Gasteiger partial charge in [0.2, 0.25) is 0 Å². The molecule has 4 heteroatoms. The molecule has 1 amide bonds. The molecule has 0 aliphatic carbocycles. The second kappa shape index (κ2) is 5.70. The van der Waals surface area contributed by atoms with E-state index < -0.39 is 0 Å². The first-order valence-electron chi connectivity index (χ1n) is 6.76. The van der Waals surface area contributed by atoms with Gasteiger partial charge in [-0.15, -0.1) is 0 Å². The molecule has 0 aromatic heterocycles. The number of aliphatic hydroxyl groups excluding tert-OH is 1. The predicted octanol–water partition coefficient (Wildman–Crippen LogP) is 2.45. The average Bonchev–Trinajstić information content (AvgIpc) is 2.47. The number of benzene rings is 1. The molecule has 1 aromatic carbocycles. The highest BCUT2D eigenvalue weighted by atomic mass is 19.1. The Kier molecular flexibility index (Phi) is 4.20. The van der Waals surface area contributed by atoms with Crippen LogP contribution in [0.2, 0.25) is 0 Å². The van der Waals surface area contributed by atoms with Crippen LogP contribution in [0.3, 0.4) is 0 Å². The van der Waals surface area contributed by atoms with Gasteiger partial charge in [-0.25, -0.2) is 4.39 Å². The Bertz CT molecular complexity index is 430. The maximum Gasteiger partial charge on any atom is 0.253 e. The highest BCUT2D eigenvalue weighted by molar-refractivity contribution is 5.94. The Labute approximate surface area is 113 Å². The van der Waals surface area contributed by atoms with E-state index in [-0.39, 0.29) is 23.7 Å². The molecule has 1 saturated heterocycles. The average molecular weight is 265 g/mol. The van der Waals surface area contributed by atoms with Crippen LogP contribution in [0, 0.1) is 11.2 Å². The minimum absolute atomic E-state index is 0.0282. The molecule has 0 atom stereocenters. The van der Waals surface area contributed by atoms with E-state index in [9.17, 15) is 14.3 Å². The predicted molar refractivity (Wildman–Crippen MR) is 71.3 cm³/mol. The normalized spacial score (nSPS) is 18.4. The van der Waals surface area contributed by atoms with Gasteiger partial charge in [0.1, 0.15) is 5.82 Å². The molecule has 1 aromatic rings. The van der Waals surface area contributed by atoms with E-state index in [1.807, 2.05) is 0 Å². The second-order valence-electron chi connectivity index (χ2n) is 5.31. The van der Waals surface area contributed by atoms with Crippen molar-refractivity contribution in [1.82, 2.24) is 4.90 Å². The van der Waals surface area contributed by atoms with Crippen LogP contribution in [0.15, 0.2) is 24.3 Å². The molecule has 3 nitrogen and oxygen atoms in total. The van der Waals surface area contributed by atoms with Crippen molar-refractivity contribution in [2.75, 3.05) is 19.7 Å². The third-order valence-corrected chi connectivity index (χ3v) is 4.29. The van der Waals surface area contributed by atoms with Gasteiger partial charge >= 0.3 is 0 Å². The van der Waals surface area contributed by atoms with Crippen LogP contribution in [0.4, 0.5) is 4.39 Å². The number of hydrogen-bond donors (Lipinski definition) is 1. The van der Waals surface area contributed by atoms with Crippen molar-refractivity contribution in [3.63, 3.8) is 0 Å². The summed E-state index contributed by atoms with van der Waals surface area (Å²) >= 11 is 0. The van der Waals surface area contributed by atoms with Gasteiger partial charge < -0.3 is 10.0 Å². The summed E-state index contributed by atoms with van der Waals surface area (Å²) in [6.07, 6.45) is 2.59. The van der Waals surface area contributed by atoms with Gasteiger partial charge in [-0.3, -0.25) is 4.79 Å². The van der Waals surface area contributed by atoms with Gasteiger partial charge in [0.05, 0.1) is 0 Å². The Balaban J connectivity index is 2.01. The monoisotopic (exact) mass is 265 g/mol. The van der Waals surface area contributed by atoms with Crippen molar-refractivity contribution in [2.45, 2.75) is 26.2 Å². The maximum absolute atomic E-state index is 12.8. The van der Waals surface area contributed by atoms with Crippen LogP contribution >= 0.6 is 0 Å². The van der Waals surface area contributed by atoms with Crippen molar-refractivity contribution in [1.29, 1.82) is 0 Å². The lowest BCUT2D eigenvalue weighted by atomic mass is 9.77. The highest BCUT2D eigenvalue weighted by Gasteiger charge is 2.34. The fourth-order valence-corrected chi connectivity index (χ4v) is 2.58. The molecule has 19 heavy (non-hydrogen) atoms. The van der Waals surface area contributed by atoms with Crippen LogP contribution in [-0.2, 0) is 0 Å². The summed E-state index contributed by atoms with van der Waals surface area (Å²) < 4.78 is 12.8. The van der Waals surface area contributed by atoms with Gasteiger partial charge in [-0.2, -0.15) is 0 Å². The summed E-state index contributed by atoms with van der Waals surface area (Å²) in [5, 5.41) is 9.47. The van der Waals surface area contributed by atoms with Crippen molar-refractivity contribution < 1.29 is 14.3 Å². The quantitative estimate of drug-likeness (QED) is 0.912. The first kappa shape index (κ1) is 14.0. The Hall–Kier alpha value is -1.42. The molecular weight excluding hydrogens is 245 g/mol. The van der Waals surface area contributed by atoms with Gasteiger partial charge in [0, 0.05) is 25.3 Å². The van der Waals surface area contributed by atoms with Crippen molar-refractivity contribution >= 4 is 5.91 Å². The Morgan fingerprint density at radius 2 is 1.89 bits per heavy atom. The number of rotatable bonds is 3. The number of aliphatic hydroxyl groups is 1. The van der Waals surface area contributed by atoms with E-state index in [1.54, 1.807) is 4.90 Å². The van der Waals surface area contributed by atoms with Crippen molar-refractivity contribution in [3.8, 4) is 0 Å². The molecule has 1 fully saturated rings. The van der Waals surface area contributed by atoms with E-state index in [0.717, 1.165) is 19.3 Å². The molecule has 1 aliphatic heterocycles. The number of amides is 1. The van der Waals surface area contributed by atoms with Crippen LogP contribution in [0.5, 0.6) is 0 Å². The van der Waals surface area contributed by atoms with Gasteiger partial charge in [-0.1, -0.05) is 6.92 Å². The summed E-state index contributed by atoms with van der Waals surface area (Å²) in [6.45, 7) is 3.57. The first-order chi connectivity index (χ1) is 9.10. The molecule has 0 unspecified atom stereocenters. The SMILES string of the molecule is CCC1(CO)CCN(C(=O)c2ccc(F)cc2)CC1. The smallest absolute Gasteiger partial charge is 0.253 e. The maximum atomic E-state index is 12.8. The number of hydrogen-bond acceptors (Lipinski definition) is 2. The summed E-state index contributed by atoms with van der Waals surface area (Å²) in [7, 11) is 0. The summed E-state index contributed by atoms with van der Waals surface area (Å²) in [4.78, 5) is 14.0. The molecule has 2 rings (SSSR count). The van der Waals surface area contributed by atoms with Crippen molar-refractivity contribution in [2.24, 2.45) is 5.41 Å². The van der Waals surface area contributed by atoms with Gasteiger partial charge in [0.25, 0.3) is 5.91 Å². The van der Waals surface area contributed by atoms with Crippen LogP contribution < -0.4 is 0 Å². The molecule has 0 bridgehead atoms.